The highest BCUT2D eigenvalue weighted by Crippen LogP contribution is 2.31. The van der Waals surface area contributed by atoms with Crippen molar-refractivity contribution in [2.75, 3.05) is 7.11 Å². The third-order valence-corrected chi connectivity index (χ3v) is 3.55. The number of halogens is 2. The van der Waals surface area contributed by atoms with Gasteiger partial charge < -0.3 is 9.84 Å². The minimum Gasteiger partial charge on any atom is -0.494 e. The molecule has 0 bridgehead atoms. The predicted octanol–water partition coefficient (Wildman–Crippen LogP) is 3.94. The summed E-state index contributed by atoms with van der Waals surface area (Å²) in [6.07, 6.45) is 0.262. The molecule has 0 fully saturated rings. The van der Waals surface area contributed by atoms with Crippen molar-refractivity contribution in [3.05, 3.63) is 64.4 Å². The maximum absolute atomic E-state index is 13.7. The summed E-state index contributed by atoms with van der Waals surface area (Å²) in [4.78, 5) is 0. The molecule has 0 aromatic heterocycles. The van der Waals surface area contributed by atoms with Crippen molar-refractivity contribution in [2.45, 2.75) is 18.9 Å². The smallest absolute Gasteiger partial charge is 0.165 e. The van der Waals surface area contributed by atoms with Crippen LogP contribution < -0.4 is 4.74 Å². The van der Waals surface area contributed by atoms with Gasteiger partial charge in [-0.3, -0.25) is 0 Å². The van der Waals surface area contributed by atoms with Gasteiger partial charge in [0.05, 0.1) is 12.7 Å². The number of hydrogen-bond acceptors (Lipinski definition) is 2. The topological polar surface area (TPSA) is 29.5 Å². The zero-order valence-electron chi connectivity index (χ0n) is 11.4. The fourth-order valence-electron chi connectivity index (χ4n) is 2.21. The van der Waals surface area contributed by atoms with E-state index in [-0.39, 0.29) is 12.2 Å². The van der Waals surface area contributed by atoms with Crippen LogP contribution in [0.25, 0.3) is 0 Å². The van der Waals surface area contributed by atoms with Crippen molar-refractivity contribution in [1.29, 1.82) is 0 Å². The van der Waals surface area contributed by atoms with Crippen molar-refractivity contribution in [3.8, 4) is 5.75 Å². The molecule has 2 aromatic carbocycles. The Kier molecular flexibility index (Phi) is 4.31. The third kappa shape index (κ3) is 3.11. The average Bonchev–Trinajstić information content (AvgIpc) is 2.38. The Balaban J connectivity index is 2.28. The van der Waals surface area contributed by atoms with Crippen molar-refractivity contribution in [3.63, 3.8) is 0 Å². The van der Waals surface area contributed by atoms with Crippen LogP contribution in [0.2, 0.25) is 5.02 Å². The van der Waals surface area contributed by atoms with Gasteiger partial charge in [-0.1, -0.05) is 35.9 Å². The summed E-state index contributed by atoms with van der Waals surface area (Å²) in [5.41, 5.74) is 0.130. The van der Waals surface area contributed by atoms with Gasteiger partial charge in [-0.2, -0.15) is 0 Å². The third-order valence-electron chi connectivity index (χ3n) is 3.22. The molecular formula is C16H16ClFO2. The number of methoxy groups -OCH3 is 1. The van der Waals surface area contributed by atoms with E-state index in [9.17, 15) is 9.50 Å². The molecule has 0 aliphatic heterocycles. The largest absolute Gasteiger partial charge is 0.494 e. The monoisotopic (exact) mass is 294 g/mol. The molecular weight excluding hydrogens is 279 g/mol. The van der Waals surface area contributed by atoms with Crippen molar-refractivity contribution >= 4 is 11.6 Å². The van der Waals surface area contributed by atoms with Crippen LogP contribution in [0.4, 0.5) is 4.39 Å². The minimum absolute atomic E-state index is 0.186. The van der Waals surface area contributed by atoms with E-state index in [0.717, 1.165) is 0 Å². The van der Waals surface area contributed by atoms with Crippen molar-refractivity contribution in [2.24, 2.45) is 0 Å². The van der Waals surface area contributed by atoms with Crippen molar-refractivity contribution < 1.29 is 14.2 Å². The van der Waals surface area contributed by atoms with Gasteiger partial charge in [0.2, 0.25) is 0 Å². The summed E-state index contributed by atoms with van der Waals surface area (Å²) < 4.78 is 18.5. The fourth-order valence-corrected chi connectivity index (χ4v) is 2.55. The quantitative estimate of drug-likeness (QED) is 0.925. The summed E-state index contributed by atoms with van der Waals surface area (Å²) in [5.74, 6) is -0.258. The van der Waals surface area contributed by atoms with Crippen LogP contribution in [0.5, 0.6) is 5.75 Å². The van der Waals surface area contributed by atoms with E-state index >= 15 is 0 Å². The van der Waals surface area contributed by atoms with Gasteiger partial charge in [0.25, 0.3) is 0 Å². The fraction of sp³-hybridized carbons (Fsp3) is 0.250. The predicted molar refractivity (Wildman–Crippen MR) is 77.7 cm³/mol. The Labute approximate surface area is 122 Å². The Bertz CT molecular complexity index is 611. The first kappa shape index (κ1) is 14.8. The van der Waals surface area contributed by atoms with Crippen LogP contribution in [-0.2, 0) is 12.0 Å². The molecule has 0 heterocycles. The van der Waals surface area contributed by atoms with Crippen LogP contribution in [0.1, 0.15) is 18.1 Å². The summed E-state index contributed by atoms with van der Waals surface area (Å²) in [7, 11) is 1.41. The van der Waals surface area contributed by atoms with Crippen LogP contribution in [-0.4, -0.2) is 12.2 Å². The average molecular weight is 295 g/mol. The molecule has 0 radical (unpaired) electrons. The minimum atomic E-state index is -1.17. The first-order valence-electron chi connectivity index (χ1n) is 6.24. The molecule has 0 aliphatic carbocycles. The maximum Gasteiger partial charge on any atom is 0.165 e. The van der Waals surface area contributed by atoms with E-state index < -0.39 is 11.4 Å². The number of rotatable bonds is 4. The second-order valence-corrected chi connectivity index (χ2v) is 5.31. The highest BCUT2D eigenvalue weighted by molar-refractivity contribution is 6.31. The number of hydrogen-bond donors (Lipinski definition) is 1. The molecule has 0 aliphatic rings. The molecule has 106 valence electrons. The van der Waals surface area contributed by atoms with Gasteiger partial charge in [-0.25, -0.2) is 4.39 Å². The van der Waals surface area contributed by atoms with E-state index in [0.29, 0.717) is 16.1 Å². The van der Waals surface area contributed by atoms with Gasteiger partial charge in [-0.15, -0.1) is 0 Å². The van der Waals surface area contributed by atoms with Gasteiger partial charge in [0, 0.05) is 17.0 Å². The van der Waals surface area contributed by atoms with E-state index in [4.69, 9.17) is 16.3 Å². The standard InChI is InChI=1S/C16H16ClFO2/c1-16(19,12-5-3-4-6-13(12)17)10-11-7-8-15(20-2)14(18)9-11/h3-9,19H,10H2,1-2H3. The Morgan fingerprint density at radius 2 is 1.95 bits per heavy atom. The van der Waals surface area contributed by atoms with Crippen LogP contribution in [0, 0.1) is 5.82 Å². The summed E-state index contributed by atoms with van der Waals surface area (Å²) in [6, 6.07) is 11.7. The number of ether oxygens (including phenoxy) is 1. The summed E-state index contributed by atoms with van der Waals surface area (Å²) >= 11 is 6.10. The zero-order valence-corrected chi connectivity index (χ0v) is 12.1. The lowest BCUT2D eigenvalue weighted by Gasteiger charge is -2.25. The van der Waals surface area contributed by atoms with E-state index in [1.807, 2.05) is 6.07 Å². The Hall–Kier alpha value is -1.58. The molecule has 0 amide bonds. The molecule has 4 heteroatoms. The van der Waals surface area contributed by atoms with Gasteiger partial charge in [-0.05, 0) is 30.7 Å². The molecule has 0 saturated heterocycles. The lowest BCUT2D eigenvalue weighted by atomic mass is 9.89. The first-order valence-corrected chi connectivity index (χ1v) is 6.61. The molecule has 0 saturated carbocycles. The van der Waals surface area contributed by atoms with Gasteiger partial charge in [0.1, 0.15) is 0 Å². The lowest BCUT2D eigenvalue weighted by Crippen LogP contribution is -2.24. The Morgan fingerprint density at radius 1 is 1.25 bits per heavy atom. The van der Waals surface area contributed by atoms with Crippen LogP contribution in [0.3, 0.4) is 0 Å². The SMILES string of the molecule is COc1ccc(CC(C)(O)c2ccccc2Cl)cc1F. The number of aliphatic hydroxyl groups is 1. The maximum atomic E-state index is 13.7. The second kappa shape index (κ2) is 5.81. The number of benzene rings is 2. The van der Waals surface area contributed by atoms with E-state index in [1.165, 1.54) is 13.2 Å². The van der Waals surface area contributed by atoms with Gasteiger partial charge >= 0.3 is 0 Å². The van der Waals surface area contributed by atoms with Crippen LogP contribution >= 0.6 is 11.6 Å². The molecule has 1 atom stereocenters. The zero-order chi connectivity index (χ0) is 14.8. The molecule has 0 spiro atoms. The lowest BCUT2D eigenvalue weighted by molar-refractivity contribution is 0.0576. The molecule has 1 N–H and O–H groups in total. The van der Waals surface area contributed by atoms with E-state index in [2.05, 4.69) is 0 Å². The molecule has 2 nitrogen and oxygen atoms in total. The molecule has 1 unspecified atom stereocenters. The highest BCUT2D eigenvalue weighted by Gasteiger charge is 2.26. The van der Waals surface area contributed by atoms with Crippen molar-refractivity contribution in [1.82, 2.24) is 0 Å². The summed E-state index contributed by atoms with van der Waals surface area (Å²) in [6.45, 7) is 1.66. The molecule has 2 aromatic rings. The second-order valence-electron chi connectivity index (χ2n) is 4.90. The Morgan fingerprint density at radius 3 is 2.55 bits per heavy atom. The normalized spacial score (nSPS) is 13.8. The molecule has 20 heavy (non-hydrogen) atoms. The first-order chi connectivity index (χ1) is 9.44. The van der Waals surface area contributed by atoms with E-state index in [1.54, 1.807) is 37.3 Å². The van der Waals surface area contributed by atoms with Gasteiger partial charge in [0.15, 0.2) is 11.6 Å². The molecule has 2 rings (SSSR count). The summed E-state index contributed by atoms with van der Waals surface area (Å²) in [5, 5.41) is 11.1. The van der Waals surface area contributed by atoms with Crippen LogP contribution in [0.15, 0.2) is 42.5 Å². The highest BCUT2D eigenvalue weighted by atomic mass is 35.5.